The lowest BCUT2D eigenvalue weighted by atomic mass is 9.99. The molecule has 0 aromatic rings. The highest BCUT2D eigenvalue weighted by Gasteiger charge is 2.46. The summed E-state index contributed by atoms with van der Waals surface area (Å²) in [6.45, 7) is -1.30. The van der Waals surface area contributed by atoms with E-state index in [2.05, 4.69) is 0 Å². The van der Waals surface area contributed by atoms with Crippen molar-refractivity contribution in [2.24, 2.45) is 0 Å². The molecule has 14 heteroatoms. The van der Waals surface area contributed by atoms with Crippen molar-refractivity contribution in [3.8, 4) is 0 Å². The summed E-state index contributed by atoms with van der Waals surface area (Å²) in [6.07, 6.45) is -9.00. The van der Waals surface area contributed by atoms with Crippen molar-refractivity contribution >= 4 is 11.9 Å². The van der Waals surface area contributed by atoms with Crippen LogP contribution in [0.4, 0.5) is 0 Å². The minimum absolute atomic E-state index is 0.344. The molecule has 1 saturated heterocycles. The lowest BCUT2D eigenvalue weighted by molar-refractivity contribution is -1.24. The van der Waals surface area contributed by atoms with Gasteiger partial charge in [-0.05, 0) is 0 Å². The van der Waals surface area contributed by atoms with Crippen LogP contribution in [-0.4, -0.2) is 98.5 Å². The average Bonchev–Trinajstić information content (AvgIpc) is 2.57. The molecule has 0 spiro atoms. The molecular weight excluding hydrogens is 364 g/mol. The Kier molecular flexibility index (Phi) is 9.23. The number of carbonyl (C=O) groups is 2. The smallest absolute Gasteiger partial charge is 0.314 e. The SMILES string of the molecule is O=C(CC[NH+](O)O)OCC1OC(OC(=O)CC[NH+](O)O)C(O)C(O)C1O. The number of ether oxygens (including phenoxy) is 3. The van der Waals surface area contributed by atoms with Crippen LogP contribution in [0, 0.1) is 0 Å². The summed E-state index contributed by atoms with van der Waals surface area (Å²) < 4.78 is 14.6. The molecule has 0 amide bonds. The zero-order valence-corrected chi connectivity index (χ0v) is 13.6. The lowest BCUT2D eigenvalue weighted by Crippen LogP contribution is -3.07. The highest BCUT2D eigenvalue weighted by Crippen LogP contribution is 2.22. The first-order chi connectivity index (χ1) is 12.1. The van der Waals surface area contributed by atoms with E-state index in [0.717, 1.165) is 0 Å². The van der Waals surface area contributed by atoms with E-state index in [9.17, 15) is 24.9 Å². The van der Waals surface area contributed by atoms with E-state index in [1.807, 2.05) is 0 Å². The van der Waals surface area contributed by atoms with Crippen molar-refractivity contribution in [3.05, 3.63) is 0 Å². The molecule has 0 aromatic carbocycles. The van der Waals surface area contributed by atoms with Gasteiger partial charge < -0.3 is 29.5 Å². The standard InChI is InChI=1S/C12H22N2O12/c15-7(1-3-13(20)21)24-5-6-9(17)10(18)11(19)12(25-6)26-8(16)2-4-14(22)23/h6,9-12,17-23H,1-5H2/p+2. The Bertz CT molecular complexity index is 459. The van der Waals surface area contributed by atoms with Crippen LogP contribution >= 0.6 is 0 Å². The van der Waals surface area contributed by atoms with E-state index >= 15 is 0 Å². The number of esters is 2. The Balaban J connectivity index is 2.55. The Hall–Kier alpha value is -1.46. The van der Waals surface area contributed by atoms with Crippen molar-refractivity contribution < 1.29 is 70.4 Å². The minimum atomic E-state index is -1.78. The van der Waals surface area contributed by atoms with Gasteiger partial charge in [-0.25, -0.2) is 0 Å². The highest BCUT2D eigenvalue weighted by molar-refractivity contribution is 5.69. The molecule has 0 bridgehead atoms. The predicted molar refractivity (Wildman–Crippen MR) is 71.8 cm³/mol. The van der Waals surface area contributed by atoms with Gasteiger partial charge in [-0.15, -0.1) is 0 Å². The highest BCUT2D eigenvalue weighted by atomic mass is 16.8. The molecule has 1 fully saturated rings. The molecule has 1 aliphatic rings. The Morgan fingerprint density at radius 2 is 1.38 bits per heavy atom. The van der Waals surface area contributed by atoms with Crippen molar-refractivity contribution in [1.29, 1.82) is 0 Å². The quantitative estimate of drug-likeness (QED) is 0.133. The topological polar surface area (TPSA) is 212 Å². The van der Waals surface area contributed by atoms with Crippen LogP contribution in [0.3, 0.4) is 0 Å². The number of carbonyl (C=O) groups excluding carboxylic acids is 2. The van der Waals surface area contributed by atoms with Crippen LogP contribution in [0.1, 0.15) is 12.8 Å². The summed E-state index contributed by atoms with van der Waals surface area (Å²) in [5.41, 5.74) is 0. The number of hydrogen-bond donors (Lipinski definition) is 9. The summed E-state index contributed by atoms with van der Waals surface area (Å²) >= 11 is 0. The van der Waals surface area contributed by atoms with Gasteiger partial charge in [0.05, 0.1) is 0 Å². The van der Waals surface area contributed by atoms with Gasteiger partial charge >= 0.3 is 11.9 Å². The fourth-order valence-corrected chi connectivity index (χ4v) is 2.02. The van der Waals surface area contributed by atoms with Crippen LogP contribution in [0.2, 0.25) is 0 Å². The monoisotopic (exact) mass is 388 g/mol. The predicted octanol–water partition coefficient (Wildman–Crippen LogP) is -6.01. The zero-order chi connectivity index (χ0) is 19.9. The third-order valence-corrected chi connectivity index (χ3v) is 3.43. The Morgan fingerprint density at radius 1 is 0.846 bits per heavy atom. The van der Waals surface area contributed by atoms with E-state index in [1.165, 1.54) is 0 Å². The summed E-state index contributed by atoms with van der Waals surface area (Å²) in [6, 6.07) is 0. The molecule has 26 heavy (non-hydrogen) atoms. The molecule has 1 heterocycles. The second kappa shape index (κ2) is 10.6. The molecule has 0 radical (unpaired) electrons. The Labute approximate surface area is 146 Å². The zero-order valence-electron chi connectivity index (χ0n) is 13.6. The number of hydroxylamine groups is 4. The summed E-state index contributed by atoms with van der Waals surface area (Å²) in [4.78, 5) is 23.0. The second-order valence-corrected chi connectivity index (χ2v) is 5.52. The number of aliphatic hydroxyl groups is 3. The largest absolute Gasteiger partial charge is 0.463 e. The maximum atomic E-state index is 11.5. The summed E-state index contributed by atoms with van der Waals surface area (Å²) in [5, 5.41) is 61.9. The summed E-state index contributed by atoms with van der Waals surface area (Å²) in [7, 11) is 0. The fourth-order valence-electron chi connectivity index (χ4n) is 2.02. The average molecular weight is 388 g/mol. The number of rotatable bonds is 9. The van der Waals surface area contributed by atoms with Crippen LogP contribution in [0.25, 0.3) is 0 Å². The molecule has 9 N–H and O–H groups in total. The number of hydrogen-bond acceptors (Lipinski definition) is 12. The number of quaternary nitrogens is 2. The molecule has 0 saturated carbocycles. The third-order valence-electron chi connectivity index (χ3n) is 3.43. The van der Waals surface area contributed by atoms with Gasteiger partial charge in [0.2, 0.25) is 6.29 Å². The van der Waals surface area contributed by atoms with Crippen molar-refractivity contribution in [3.63, 3.8) is 0 Å². The minimum Gasteiger partial charge on any atom is -0.463 e. The molecule has 5 unspecified atom stereocenters. The van der Waals surface area contributed by atoms with E-state index in [4.69, 9.17) is 35.0 Å². The van der Waals surface area contributed by atoms with Crippen molar-refractivity contribution in [1.82, 2.24) is 0 Å². The van der Waals surface area contributed by atoms with Crippen molar-refractivity contribution in [2.75, 3.05) is 19.7 Å². The molecule has 0 aromatic heterocycles. The van der Waals surface area contributed by atoms with Crippen molar-refractivity contribution in [2.45, 2.75) is 43.5 Å². The van der Waals surface area contributed by atoms with E-state index < -0.39 is 72.7 Å². The van der Waals surface area contributed by atoms with Gasteiger partial charge in [-0.1, -0.05) is 10.5 Å². The van der Waals surface area contributed by atoms with Gasteiger partial charge in [0.1, 0.15) is 43.9 Å². The van der Waals surface area contributed by atoms with Crippen LogP contribution in [0.5, 0.6) is 0 Å². The summed E-state index contributed by atoms with van der Waals surface area (Å²) in [5.74, 6) is -1.81. The van der Waals surface area contributed by atoms with E-state index in [1.54, 1.807) is 0 Å². The Morgan fingerprint density at radius 3 is 1.92 bits per heavy atom. The molecule has 5 atom stereocenters. The number of aliphatic hydroxyl groups excluding tert-OH is 3. The van der Waals surface area contributed by atoms with E-state index in [0.29, 0.717) is 0 Å². The van der Waals surface area contributed by atoms with Gasteiger partial charge in [-0.2, -0.15) is 20.8 Å². The fraction of sp³-hybridized carbons (Fsp3) is 0.833. The molecule has 14 nitrogen and oxygen atoms in total. The second-order valence-electron chi connectivity index (χ2n) is 5.52. The molecular formula is C12H24N2O12+2. The maximum absolute atomic E-state index is 11.5. The van der Waals surface area contributed by atoms with Crippen LogP contribution in [-0.2, 0) is 23.8 Å². The molecule has 0 aliphatic carbocycles. The molecule has 1 rings (SSSR count). The van der Waals surface area contributed by atoms with Gasteiger partial charge in [0, 0.05) is 0 Å². The van der Waals surface area contributed by atoms with Gasteiger partial charge in [0.25, 0.3) is 0 Å². The maximum Gasteiger partial charge on any atom is 0.314 e. The third kappa shape index (κ3) is 7.42. The van der Waals surface area contributed by atoms with Crippen LogP contribution in [0.15, 0.2) is 0 Å². The van der Waals surface area contributed by atoms with Gasteiger partial charge in [-0.3, -0.25) is 9.59 Å². The van der Waals surface area contributed by atoms with E-state index in [-0.39, 0.29) is 13.0 Å². The first kappa shape index (κ1) is 22.6. The molecule has 1 aliphatic heterocycles. The first-order valence-corrected chi connectivity index (χ1v) is 7.64. The number of nitrogens with one attached hydrogen (secondary N) is 2. The molecule has 152 valence electrons. The van der Waals surface area contributed by atoms with Crippen LogP contribution < -0.4 is 10.5 Å². The van der Waals surface area contributed by atoms with Gasteiger partial charge in [0.15, 0.2) is 13.1 Å². The normalized spacial score (nSPS) is 29.0. The lowest BCUT2D eigenvalue weighted by Gasteiger charge is -2.39. The first-order valence-electron chi connectivity index (χ1n) is 7.64.